The minimum absolute atomic E-state index is 0.115. The Hall–Kier alpha value is -2.55. The van der Waals surface area contributed by atoms with Crippen molar-refractivity contribution in [1.82, 2.24) is 9.97 Å². The lowest BCUT2D eigenvalue weighted by Crippen LogP contribution is -2.13. The summed E-state index contributed by atoms with van der Waals surface area (Å²) in [7, 11) is 0. The van der Waals surface area contributed by atoms with E-state index in [1.165, 1.54) is 24.5 Å². The van der Waals surface area contributed by atoms with E-state index in [9.17, 15) is 10.1 Å². The molecule has 1 heterocycles. The second kappa shape index (κ2) is 5.61. The summed E-state index contributed by atoms with van der Waals surface area (Å²) in [5.74, 6) is 0.167. The van der Waals surface area contributed by atoms with Gasteiger partial charge in [-0.25, -0.2) is 9.97 Å². The molecule has 0 aliphatic rings. The number of nitro benzene ring substituents is 1. The molecule has 102 valence electrons. The van der Waals surface area contributed by atoms with E-state index in [0.29, 0.717) is 0 Å². The van der Waals surface area contributed by atoms with Crippen molar-refractivity contribution in [2.45, 2.75) is 0 Å². The van der Waals surface area contributed by atoms with Crippen LogP contribution in [0.2, 0.25) is 0 Å². The van der Waals surface area contributed by atoms with E-state index in [1.54, 1.807) is 6.07 Å². The molecule has 0 aliphatic heterocycles. The molecule has 0 saturated carbocycles. The topological polar surface area (TPSA) is 128 Å². The van der Waals surface area contributed by atoms with Gasteiger partial charge in [0.05, 0.1) is 17.3 Å². The Morgan fingerprint density at radius 3 is 2.70 bits per heavy atom. The highest BCUT2D eigenvalue weighted by Gasteiger charge is 2.16. The average molecular weight is 338 g/mol. The van der Waals surface area contributed by atoms with Gasteiger partial charge in [0.2, 0.25) is 5.88 Å². The Kier molecular flexibility index (Phi) is 3.89. The molecule has 2 aromatic rings. The lowest BCUT2D eigenvalue weighted by molar-refractivity contribution is -0.385. The number of nitrogens with zero attached hydrogens (tertiary/aromatic N) is 3. The Bertz CT molecular complexity index is 674. The van der Waals surface area contributed by atoms with E-state index < -0.39 is 4.92 Å². The van der Waals surface area contributed by atoms with Crippen molar-refractivity contribution in [3.63, 3.8) is 0 Å². The van der Waals surface area contributed by atoms with Gasteiger partial charge in [-0.05, 0) is 22.0 Å². The number of nitrogens with one attached hydrogen (secondary N) is 1. The number of rotatable bonds is 4. The first-order chi connectivity index (χ1) is 9.49. The van der Waals surface area contributed by atoms with Crippen LogP contribution in [0, 0.1) is 15.5 Å². The third-order valence-electron chi connectivity index (χ3n) is 2.26. The lowest BCUT2D eigenvalue weighted by atomic mass is 10.3. The van der Waals surface area contributed by atoms with Crippen LogP contribution >= 0.6 is 15.9 Å². The molecule has 0 radical (unpaired) electrons. The van der Waals surface area contributed by atoms with Crippen molar-refractivity contribution in [3.8, 4) is 11.6 Å². The quantitative estimate of drug-likeness (QED) is 0.381. The van der Waals surface area contributed by atoms with Gasteiger partial charge in [-0.3, -0.25) is 15.5 Å². The number of ether oxygens (including phenoxy) is 1. The molecule has 0 atom stereocenters. The van der Waals surface area contributed by atoms with Crippen LogP contribution in [0.25, 0.3) is 0 Å². The summed E-state index contributed by atoms with van der Waals surface area (Å²) in [6, 6.07) is 4.40. The number of nitro groups is 1. The van der Waals surface area contributed by atoms with Gasteiger partial charge in [0.25, 0.3) is 5.69 Å². The third kappa shape index (κ3) is 2.88. The van der Waals surface area contributed by atoms with Crippen molar-refractivity contribution in [2.75, 3.05) is 0 Å². The molecule has 0 spiro atoms. The van der Waals surface area contributed by atoms with E-state index in [1.807, 2.05) is 0 Å². The minimum Gasteiger partial charge on any atom is -0.436 e. The van der Waals surface area contributed by atoms with Crippen LogP contribution in [0.1, 0.15) is 5.69 Å². The first-order valence-electron chi connectivity index (χ1n) is 5.26. The first kappa shape index (κ1) is 13.9. The Morgan fingerprint density at radius 1 is 1.40 bits per heavy atom. The molecule has 1 aromatic heterocycles. The highest BCUT2D eigenvalue weighted by molar-refractivity contribution is 9.10. The number of aromatic nitrogens is 2. The van der Waals surface area contributed by atoms with E-state index in [4.69, 9.17) is 15.9 Å². The average Bonchev–Trinajstić information content (AvgIpc) is 2.41. The monoisotopic (exact) mass is 337 g/mol. The standard InChI is InChI=1S/C11H8BrN5O3/c12-10-7(17(18)19)2-1-3-8(10)20-9-5-15-6(4-16-9)11(13)14/h1-5H,(H3,13,14). The summed E-state index contributed by atoms with van der Waals surface area (Å²) in [5.41, 5.74) is 5.35. The van der Waals surface area contributed by atoms with Gasteiger partial charge in [0.1, 0.15) is 16.0 Å². The highest BCUT2D eigenvalue weighted by Crippen LogP contribution is 2.35. The second-order valence-electron chi connectivity index (χ2n) is 3.60. The molecule has 8 nitrogen and oxygen atoms in total. The number of nitrogens with two attached hydrogens (primary N) is 1. The Balaban J connectivity index is 2.28. The first-order valence-corrected chi connectivity index (χ1v) is 6.05. The predicted molar refractivity (Wildman–Crippen MR) is 73.9 cm³/mol. The van der Waals surface area contributed by atoms with Crippen molar-refractivity contribution < 1.29 is 9.66 Å². The van der Waals surface area contributed by atoms with Crippen LogP contribution in [0.4, 0.5) is 5.69 Å². The summed E-state index contributed by atoms with van der Waals surface area (Å²) in [5, 5.41) is 18.0. The summed E-state index contributed by atoms with van der Waals surface area (Å²) >= 11 is 3.11. The molecule has 9 heteroatoms. The molecular formula is C11H8BrN5O3. The molecule has 3 N–H and O–H groups in total. The van der Waals surface area contributed by atoms with Gasteiger partial charge in [-0.1, -0.05) is 6.07 Å². The molecule has 2 rings (SSSR count). The summed E-state index contributed by atoms with van der Waals surface area (Å²) < 4.78 is 5.61. The van der Waals surface area contributed by atoms with Crippen LogP contribution in [0.3, 0.4) is 0 Å². The normalized spacial score (nSPS) is 10.1. The minimum atomic E-state index is -0.526. The molecular weight excluding hydrogens is 330 g/mol. The SMILES string of the molecule is N=C(N)c1cnc(Oc2cccc([N+](=O)[O-])c2Br)cn1. The number of benzene rings is 1. The van der Waals surface area contributed by atoms with Crippen molar-refractivity contribution in [3.05, 3.63) is 50.9 Å². The summed E-state index contributed by atoms with van der Waals surface area (Å²) in [6.07, 6.45) is 2.56. The fraction of sp³-hybridized carbons (Fsp3) is 0. The van der Waals surface area contributed by atoms with Crippen molar-refractivity contribution in [1.29, 1.82) is 5.41 Å². The van der Waals surface area contributed by atoms with E-state index in [-0.39, 0.29) is 33.3 Å². The van der Waals surface area contributed by atoms with Crippen LogP contribution < -0.4 is 10.5 Å². The lowest BCUT2D eigenvalue weighted by Gasteiger charge is -2.06. The summed E-state index contributed by atoms with van der Waals surface area (Å²) in [4.78, 5) is 18.1. The molecule has 0 amide bonds. The smallest absolute Gasteiger partial charge is 0.287 e. The van der Waals surface area contributed by atoms with Crippen LogP contribution in [-0.2, 0) is 0 Å². The van der Waals surface area contributed by atoms with Gasteiger partial charge in [0.15, 0.2) is 5.75 Å². The number of halogens is 1. The van der Waals surface area contributed by atoms with E-state index in [0.717, 1.165) is 0 Å². The van der Waals surface area contributed by atoms with Gasteiger partial charge >= 0.3 is 0 Å². The van der Waals surface area contributed by atoms with Gasteiger partial charge in [-0.15, -0.1) is 0 Å². The molecule has 0 saturated heterocycles. The maximum absolute atomic E-state index is 10.8. The maximum Gasteiger partial charge on any atom is 0.287 e. The maximum atomic E-state index is 10.8. The van der Waals surface area contributed by atoms with Crippen LogP contribution in [0.5, 0.6) is 11.6 Å². The molecule has 0 fully saturated rings. The Labute approximate surface area is 121 Å². The van der Waals surface area contributed by atoms with Gasteiger partial charge < -0.3 is 10.5 Å². The molecule has 20 heavy (non-hydrogen) atoms. The summed E-state index contributed by atoms with van der Waals surface area (Å²) in [6.45, 7) is 0. The van der Waals surface area contributed by atoms with Crippen LogP contribution in [-0.4, -0.2) is 20.7 Å². The molecule has 1 aromatic carbocycles. The fourth-order valence-electron chi connectivity index (χ4n) is 1.34. The third-order valence-corrected chi connectivity index (χ3v) is 3.06. The largest absolute Gasteiger partial charge is 0.436 e. The van der Waals surface area contributed by atoms with Crippen molar-refractivity contribution in [2.24, 2.45) is 5.73 Å². The van der Waals surface area contributed by atoms with Crippen molar-refractivity contribution >= 4 is 27.5 Å². The molecule has 0 aliphatic carbocycles. The fourth-order valence-corrected chi connectivity index (χ4v) is 1.83. The van der Waals surface area contributed by atoms with Gasteiger partial charge in [0, 0.05) is 6.07 Å². The zero-order valence-electron chi connectivity index (χ0n) is 9.91. The molecule has 0 unspecified atom stereocenters. The van der Waals surface area contributed by atoms with E-state index >= 15 is 0 Å². The number of amidine groups is 1. The second-order valence-corrected chi connectivity index (χ2v) is 4.39. The number of hydrogen-bond donors (Lipinski definition) is 2. The Morgan fingerprint density at radius 2 is 2.15 bits per heavy atom. The van der Waals surface area contributed by atoms with E-state index in [2.05, 4.69) is 25.9 Å². The highest BCUT2D eigenvalue weighted by atomic mass is 79.9. The van der Waals surface area contributed by atoms with Gasteiger partial charge in [-0.2, -0.15) is 0 Å². The molecule has 0 bridgehead atoms. The zero-order chi connectivity index (χ0) is 14.7. The number of hydrogen-bond acceptors (Lipinski definition) is 6. The number of nitrogen functional groups attached to an aromatic ring is 1. The van der Waals surface area contributed by atoms with Crippen LogP contribution in [0.15, 0.2) is 35.1 Å². The zero-order valence-corrected chi connectivity index (χ0v) is 11.5. The predicted octanol–water partition coefficient (Wildman–Crippen LogP) is 2.22.